The average Bonchev–Trinajstić information content (AvgIpc) is 2.60. The average molecular weight is 418 g/mol. The fourth-order valence-corrected chi connectivity index (χ4v) is 4.60. The van der Waals surface area contributed by atoms with Gasteiger partial charge in [-0.25, -0.2) is 13.4 Å². The molecule has 0 aliphatic rings. The molecule has 0 spiro atoms. The molecule has 0 saturated heterocycles. The number of nitrogens with one attached hydrogen (secondary N) is 2. The van der Waals surface area contributed by atoms with E-state index in [-0.39, 0.29) is 6.42 Å². The van der Waals surface area contributed by atoms with Gasteiger partial charge in [-0.1, -0.05) is 30.3 Å². The number of carboxylic acid groups (broad SMARTS) is 1. The van der Waals surface area contributed by atoms with E-state index in [2.05, 4.69) is 15.0 Å². The van der Waals surface area contributed by atoms with Gasteiger partial charge in [0.15, 0.2) is 0 Å². The van der Waals surface area contributed by atoms with Crippen molar-refractivity contribution in [3.05, 3.63) is 60.2 Å². The summed E-state index contributed by atoms with van der Waals surface area (Å²) in [7, 11) is -2.56. The van der Waals surface area contributed by atoms with Crippen LogP contribution >= 0.6 is 0 Å². The molecule has 0 fully saturated rings. The molecule has 8 heteroatoms. The molecule has 0 saturated carbocycles. The summed E-state index contributed by atoms with van der Waals surface area (Å²) >= 11 is 0. The Morgan fingerprint density at radius 1 is 1.07 bits per heavy atom. The lowest BCUT2D eigenvalue weighted by Gasteiger charge is -2.18. The van der Waals surface area contributed by atoms with Crippen molar-refractivity contribution < 1.29 is 18.9 Å². The molecule has 156 valence electrons. The number of benzene rings is 2. The molecular weight excluding hydrogens is 390 g/mol. The van der Waals surface area contributed by atoms with E-state index in [9.17, 15) is 13.8 Å². The molecule has 3 N–H and O–H groups in total. The first-order valence-electron chi connectivity index (χ1n) is 9.14. The van der Waals surface area contributed by atoms with E-state index < -0.39 is 33.3 Å². The third-order valence-electron chi connectivity index (χ3n) is 3.90. The van der Waals surface area contributed by atoms with Crippen molar-refractivity contribution in [2.75, 3.05) is 11.6 Å². The smallest absolute Gasteiger partial charge is 0.405 e. The molecule has 2 aromatic carbocycles. The van der Waals surface area contributed by atoms with Gasteiger partial charge in [0.1, 0.15) is 6.04 Å². The van der Waals surface area contributed by atoms with Crippen LogP contribution in [-0.4, -0.2) is 39.2 Å². The van der Waals surface area contributed by atoms with E-state index in [0.717, 1.165) is 5.56 Å². The summed E-state index contributed by atoms with van der Waals surface area (Å²) in [6.07, 6.45) is 0.536. The summed E-state index contributed by atoms with van der Waals surface area (Å²) in [5, 5.41) is 14.0. The number of hydrogen-bond donors (Lipinski definition) is 3. The van der Waals surface area contributed by atoms with E-state index in [1.807, 2.05) is 51.1 Å². The Bertz CT molecular complexity index is 973. The second kappa shape index (κ2) is 9.09. The zero-order chi connectivity index (χ0) is 21.7. The minimum Gasteiger partial charge on any atom is -0.465 e. The fourth-order valence-electron chi connectivity index (χ4n) is 2.80. The number of carbonyl (C=O) groups is 2. The molecule has 2 atom stereocenters. The summed E-state index contributed by atoms with van der Waals surface area (Å²) in [6, 6.07) is 14.8. The van der Waals surface area contributed by atoms with Gasteiger partial charge in [-0.15, -0.1) is 0 Å². The molecule has 7 nitrogen and oxygen atoms in total. The third-order valence-corrected chi connectivity index (χ3v) is 5.95. The number of rotatable bonds is 6. The van der Waals surface area contributed by atoms with Crippen LogP contribution < -0.4 is 10.6 Å². The number of amides is 2. The third kappa shape index (κ3) is 7.23. The highest BCUT2D eigenvalue weighted by atomic mass is 32.2. The van der Waals surface area contributed by atoms with Gasteiger partial charge < -0.3 is 15.7 Å². The predicted molar refractivity (Wildman–Crippen MR) is 115 cm³/mol. The molecule has 0 aliphatic carbocycles. The molecule has 0 heterocycles. The zero-order valence-electron chi connectivity index (χ0n) is 17.0. The first-order valence-corrected chi connectivity index (χ1v) is 11.1. The van der Waals surface area contributed by atoms with Crippen molar-refractivity contribution in [2.24, 2.45) is 4.36 Å². The molecule has 0 bridgehead atoms. The van der Waals surface area contributed by atoms with E-state index >= 15 is 0 Å². The van der Waals surface area contributed by atoms with E-state index in [1.54, 1.807) is 30.5 Å². The normalized spacial score (nSPS) is 14.3. The van der Waals surface area contributed by atoms with Crippen LogP contribution in [0, 0.1) is 0 Å². The summed E-state index contributed by atoms with van der Waals surface area (Å²) in [5.41, 5.74) is 0.882. The SMILES string of the molecule is CC(C)(C)N=S(C)(=O)c1ccc(NC(=O)C(Cc2ccccc2)NC(=O)O)cc1. The monoisotopic (exact) mass is 417 g/mol. The van der Waals surface area contributed by atoms with Gasteiger partial charge in [0.25, 0.3) is 0 Å². The van der Waals surface area contributed by atoms with Crippen LogP contribution in [0.15, 0.2) is 63.9 Å². The van der Waals surface area contributed by atoms with Gasteiger partial charge >= 0.3 is 6.09 Å². The number of anilines is 1. The number of carbonyl (C=O) groups excluding carboxylic acids is 1. The van der Waals surface area contributed by atoms with Gasteiger partial charge in [0.05, 0.1) is 15.3 Å². The van der Waals surface area contributed by atoms with E-state index in [4.69, 9.17) is 5.11 Å². The maximum atomic E-state index is 12.8. The van der Waals surface area contributed by atoms with E-state index in [0.29, 0.717) is 10.6 Å². The van der Waals surface area contributed by atoms with Crippen LogP contribution in [0.5, 0.6) is 0 Å². The lowest BCUT2D eigenvalue weighted by atomic mass is 10.1. The standard InChI is InChI=1S/C21H27N3O4S/c1-21(2,3)24-29(4,28)17-12-10-16(11-13-17)22-19(25)18(23-20(26)27)14-15-8-6-5-7-9-15/h5-13,18,23H,14H2,1-4H3,(H,22,25)(H,26,27). The molecule has 2 rings (SSSR count). The first-order chi connectivity index (χ1) is 13.5. The summed E-state index contributed by atoms with van der Waals surface area (Å²) in [6.45, 7) is 5.65. The second-order valence-corrected chi connectivity index (χ2v) is 10.0. The van der Waals surface area contributed by atoms with Crippen LogP contribution in [0.2, 0.25) is 0 Å². The fraction of sp³-hybridized carbons (Fsp3) is 0.333. The van der Waals surface area contributed by atoms with Crippen LogP contribution in [0.3, 0.4) is 0 Å². The van der Waals surface area contributed by atoms with Gasteiger partial charge in [-0.2, -0.15) is 0 Å². The van der Waals surface area contributed by atoms with E-state index in [1.165, 1.54) is 0 Å². The lowest BCUT2D eigenvalue weighted by molar-refractivity contribution is -0.118. The van der Waals surface area contributed by atoms with Crippen molar-refractivity contribution in [3.63, 3.8) is 0 Å². The molecule has 2 aromatic rings. The van der Waals surface area contributed by atoms with Gasteiger partial charge in [0, 0.05) is 23.3 Å². The van der Waals surface area contributed by atoms with Gasteiger partial charge in [0.2, 0.25) is 5.91 Å². The maximum Gasteiger partial charge on any atom is 0.405 e. The molecule has 2 amide bonds. The lowest BCUT2D eigenvalue weighted by Crippen LogP contribution is -2.44. The van der Waals surface area contributed by atoms with Gasteiger partial charge in [-0.3, -0.25) is 4.79 Å². The Kier molecular flexibility index (Phi) is 7.02. The van der Waals surface area contributed by atoms with Crippen molar-refractivity contribution in [1.82, 2.24) is 5.32 Å². The summed E-state index contributed by atoms with van der Waals surface area (Å²) in [4.78, 5) is 24.3. The van der Waals surface area contributed by atoms with Crippen LogP contribution in [0.4, 0.5) is 10.5 Å². The predicted octanol–water partition coefficient (Wildman–Crippen LogP) is 3.76. The largest absolute Gasteiger partial charge is 0.465 e. The van der Waals surface area contributed by atoms with Crippen LogP contribution in [0.25, 0.3) is 0 Å². The van der Waals surface area contributed by atoms with Crippen LogP contribution in [-0.2, 0) is 20.9 Å². The minimum atomic E-state index is -2.56. The second-order valence-electron chi connectivity index (χ2n) is 7.77. The number of hydrogen-bond acceptors (Lipinski definition) is 4. The highest BCUT2D eigenvalue weighted by Gasteiger charge is 2.21. The number of nitrogens with zero attached hydrogens (tertiary/aromatic N) is 1. The van der Waals surface area contributed by atoms with Crippen molar-refractivity contribution in [2.45, 2.75) is 43.7 Å². The Balaban J connectivity index is 2.16. The molecule has 0 aromatic heterocycles. The Labute approximate surface area is 171 Å². The quantitative estimate of drug-likeness (QED) is 0.665. The first kappa shape index (κ1) is 22.4. The van der Waals surface area contributed by atoms with Crippen molar-refractivity contribution in [1.29, 1.82) is 0 Å². The molecular formula is C21H27N3O4S. The molecule has 0 radical (unpaired) electrons. The Hall–Kier alpha value is -2.87. The minimum absolute atomic E-state index is 0.226. The maximum absolute atomic E-state index is 12.8. The van der Waals surface area contributed by atoms with Crippen molar-refractivity contribution >= 4 is 27.4 Å². The summed E-state index contributed by atoms with van der Waals surface area (Å²) < 4.78 is 17.2. The van der Waals surface area contributed by atoms with Crippen molar-refractivity contribution in [3.8, 4) is 0 Å². The highest BCUT2D eigenvalue weighted by molar-refractivity contribution is 7.93. The Morgan fingerprint density at radius 2 is 1.66 bits per heavy atom. The molecule has 0 aliphatic heterocycles. The van der Waals surface area contributed by atoms with Crippen LogP contribution in [0.1, 0.15) is 26.3 Å². The molecule has 29 heavy (non-hydrogen) atoms. The van der Waals surface area contributed by atoms with Gasteiger partial charge in [-0.05, 0) is 50.6 Å². The Morgan fingerprint density at radius 3 is 2.17 bits per heavy atom. The highest BCUT2D eigenvalue weighted by Crippen LogP contribution is 2.20. The summed E-state index contributed by atoms with van der Waals surface area (Å²) in [5.74, 6) is -0.472. The molecule has 2 unspecified atom stereocenters. The topological polar surface area (TPSA) is 108 Å². The zero-order valence-corrected chi connectivity index (χ0v) is 17.8.